The van der Waals surface area contributed by atoms with Crippen molar-refractivity contribution >= 4 is 11.8 Å². The molecular formula is C7H14S. The molecule has 0 heterocycles. The molecule has 0 rings (SSSR count). The average molecular weight is 130 g/mol. The Hall–Kier alpha value is 0.0900. The van der Waals surface area contributed by atoms with Crippen molar-refractivity contribution in [1.29, 1.82) is 0 Å². The van der Waals surface area contributed by atoms with Crippen LogP contribution < -0.4 is 0 Å². The summed E-state index contributed by atoms with van der Waals surface area (Å²) in [6.07, 6.45) is 4.61. The maximum Gasteiger partial charge on any atom is 0.0110 e. The van der Waals surface area contributed by atoms with Crippen molar-refractivity contribution in [2.45, 2.75) is 19.8 Å². The third kappa shape index (κ3) is 6.09. The van der Waals surface area contributed by atoms with Crippen LogP contribution in [0.15, 0.2) is 12.7 Å². The molecule has 1 heteroatoms. The van der Waals surface area contributed by atoms with Gasteiger partial charge in [-0.25, -0.2) is 0 Å². The van der Waals surface area contributed by atoms with Crippen LogP contribution in [-0.2, 0) is 0 Å². The summed E-state index contributed by atoms with van der Waals surface area (Å²) < 4.78 is 0. The van der Waals surface area contributed by atoms with Gasteiger partial charge in [0.1, 0.15) is 0 Å². The van der Waals surface area contributed by atoms with Crippen LogP contribution in [0, 0.1) is 0 Å². The van der Waals surface area contributed by atoms with Crippen molar-refractivity contribution in [1.82, 2.24) is 0 Å². The van der Waals surface area contributed by atoms with Crippen molar-refractivity contribution in [3.8, 4) is 0 Å². The number of thioether (sulfide) groups is 1. The van der Waals surface area contributed by atoms with Gasteiger partial charge in [-0.3, -0.25) is 0 Å². The number of rotatable bonds is 5. The predicted molar refractivity (Wildman–Crippen MR) is 42.4 cm³/mol. The normalized spacial score (nSPS) is 9.12. The van der Waals surface area contributed by atoms with E-state index in [9.17, 15) is 0 Å². The van der Waals surface area contributed by atoms with E-state index in [1.54, 1.807) is 0 Å². The molecule has 0 fully saturated rings. The number of hydrogen-bond donors (Lipinski definition) is 0. The topological polar surface area (TPSA) is 0 Å². The van der Waals surface area contributed by atoms with Gasteiger partial charge in [-0.05, 0) is 12.2 Å². The van der Waals surface area contributed by atoms with Crippen LogP contribution in [0.4, 0.5) is 0 Å². The fourth-order valence-electron chi connectivity index (χ4n) is 0.413. The maximum absolute atomic E-state index is 3.64. The minimum Gasteiger partial charge on any atom is -0.158 e. The SMILES string of the molecule is C=CCSCCCC. The van der Waals surface area contributed by atoms with E-state index in [0.717, 1.165) is 5.75 Å². The van der Waals surface area contributed by atoms with E-state index in [1.165, 1.54) is 18.6 Å². The summed E-state index contributed by atoms with van der Waals surface area (Å²) in [5, 5.41) is 0. The summed E-state index contributed by atoms with van der Waals surface area (Å²) >= 11 is 1.96. The van der Waals surface area contributed by atoms with Crippen LogP contribution in [0.5, 0.6) is 0 Å². The largest absolute Gasteiger partial charge is 0.158 e. The fraction of sp³-hybridized carbons (Fsp3) is 0.714. The van der Waals surface area contributed by atoms with E-state index < -0.39 is 0 Å². The van der Waals surface area contributed by atoms with Crippen LogP contribution >= 0.6 is 11.8 Å². The second-order valence-electron chi connectivity index (χ2n) is 1.72. The molecule has 0 aromatic carbocycles. The molecule has 48 valence electrons. The third-order valence-electron chi connectivity index (χ3n) is 0.878. The van der Waals surface area contributed by atoms with Crippen LogP contribution in [-0.4, -0.2) is 11.5 Å². The highest BCUT2D eigenvalue weighted by Gasteiger charge is 1.81. The smallest absolute Gasteiger partial charge is 0.0110 e. The molecule has 0 aliphatic carbocycles. The Labute approximate surface area is 56.4 Å². The fourth-order valence-corrected chi connectivity index (χ4v) is 1.24. The van der Waals surface area contributed by atoms with Crippen LogP contribution in [0.25, 0.3) is 0 Å². The third-order valence-corrected chi connectivity index (χ3v) is 1.93. The van der Waals surface area contributed by atoms with Gasteiger partial charge in [0.15, 0.2) is 0 Å². The zero-order valence-electron chi connectivity index (χ0n) is 5.52. The first kappa shape index (κ1) is 8.09. The van der Waals surface area contributed by atoms with Gasteiger partial charge in [0.25, 0.3) is 0 Å². The molecule has 0 amide bonds. The molecule has 0 nitrogen and oxygen atoms in total. The molecule has 8 heavy (non-hydrogen) atoms. The second-order valence-corrected chi connectivity index (χ2v) is 2.87. The quantitative estimate of drug-likeness (QED) is 0.407. The highest BCUT2D eigenvalue weighted by molar-refractivity contribution is 7.99. The first-order chi connectivity index (χ1) is 3.91. The molecule has 0 saturated heterocycles. The standard InChI is InChI=1S/C7H14S/c1-3-5-7-8-6-4-2/h4H,2-3,5-7H2,1H3. The van der Waals surface area contributed by atoms with Crippen LogP contribution in [0.3, 0.4) is 0 Å². The lowest BCUT2D eigenvalue weighted by atomic mass is 10.4. The minimum atomic E-state index is 1.11. The van der Waals surface area contributed by atoms with Crippen molar-refractivity contribution in [2.24, 2.45) is 0 Å². The molecule has 0 aliphatic heterocycles. The molecule has 0 aromatic heterocycles. The van der Waals surface area contributed by atoms with Gasteiger partial charge < -0.3 is 0 Å². The molecule has 0 bridgehead atoms. The summed E-state index contributed by atoms with van der Waals surface area (Å²) in [5.41, 5.74) is 0. The van der Waals surface area contributed by atoms with Crippen molar-refractivity contribution < 1.29 is 0 Å². The molecule has 0 spiro atoms. The first-order valence-corrected chi connectivity index (χ1v) is 4.26. The van der Waals surface area contributed by atoms with Gasteiger partial charge in [-0.2, -0.15) is 11.8 Å². The van der Waals surface area contributed by atoms with E-state index >= 15 is 0 Å². The zero-order valence-corrected chi connectivity index (χ0v) is 6.34. The Bertz CT molecular complexity index is 50.3. The molecule has 0 saturated carbocycles. The van der Waals surface area contributed by atoms with Gasteiger partial charge in [0.05, 0.1) is 0 Å². The molecule has 0 unspecified atom stereocenters. The maximum atomic E-state index is 3.64. The first-order valence-electron chi connectivity index (χ1n) is 3.10. The molecular weight excluding hydrogens is 116 g/mol. The Morgan fingerprint density at radius 2 is 2.38 bits per heavy atom. The Balaban J connectivity index is 2.62. The van der Waals surface area contributed by atoms with Gasteiger partial charge in [0, 0.05) is 5.75 Å². The zero-order chi connectivity index (χ0) is 6.24. The van der Waals surface area contributed by atoms with E-state index in [4.69, 9.17) is 0 Å². The number of hydrogen-bond acceptors (Lipinski definition) is 1. The monoisotopic (exact) mass is 130 g/mol. The van der Waals surface area contributed by atoms with E-state index in [-0.39, 0.29) is 0 Å². The molecule has 0 radical (unpaired) electrons. The van der Waals surface area contributed by atoms with Crippen LogP contribution in [0.2, 0.25) is 0 Å². The predicted octanol–water partition coefficient (Wildman–Crippen LogP) is 2.71. The van der Waals surface area contributed by atoms with E-state index in [2.05, 4.69) is 13.5 Å². The Morgan fingerprint density at radius 1 is 1.62 bits per heavy atom. The highest BCUT2D eigenvalue weighted by Crippen LogP contribution is 2.02. The Morgan fingerprint density at radius 3 is 2.88 bits per heavy atom. The summed E-state index contributed by atoms with van der Waals surface area (Å²) in [6, 6.07) is 0. The molecule has 0 aliphatic rings. The van der Waals surface area contributed by atoms with Crippen molar-refractivity contribution in [3.05, 3.63) is 12.7 Å². The summed E-state index contributed by atoms with van der Waals surface area (Å²) in [5.74, 6) is 2.41. The average Bonchev–Trinajstić information content (AvgIpc) is 1.81. The lowest BCUT2D eigenvalue weighted by molar-refractivity contribution is 0.897. The van der Waals surface area contributed by atoms with Gasteiger partial charge >= 0.3 is 0 Å². The van der Waals surface area contributed by atoms with Crippen molar-refractivity contribution in [3.63, 3.8) is 0 Å². The lowest BCUT2D eigenvalue weighted by Gasteiger charge is -1.92. The van der Waals surface area contributed by atoms with Gasteiger partial charge in [-0.1, -0.05) is 19.4 Å². The van der Waals surface area contributed by atoms with Crippen molar-refractivity contribution in [2.75, 3.05) is 11.5 Å². The Kier molecular flexibility index (Phi) is 7.17. The second kappa shape index (κ2) is 7.09. The minimum absolute atomic E-state index is 1.11. The molecule has 0 atom stereocenters. The van der Waals surface area contributed by atoms with E-state index in [1.807, 2.05) is 17.8 Å². The summed E-state index contributed by atoms with van der Waals surface area (Å²) in [4.78, 5) is 0. The molecule has 0 aromatic rings. The van der Waals surface area contributed by atoms with Crippen LogP contribution in [0.1, 0.15) is 19.8 Å². The molecule has 0 N–H and O–H groups in total. The van der Waals surface area contributed by atoms with Gasteiger partial charge in [-0.15, -0.1) is 6.58 Å². The van der Waals surface area contributed by atoms with E-state index in [0.29, 0.717) is 0 Å². The van der Waals surface area contributed by atoms with Gasteiger partial charge in [0.2, 0.25) is 0 Å². The lowest BCUT2D eigenvalue weighted by Crippen LogP contribution is -1.77. The summed E-state index contributed by atoms with van der Waals surface area (Å²) in [7, 11) is 0. The summed E-state index contributed by atoms with van der Waals surface area (Å²) in [6.45, 7) is 5.85. The number of unbranched alkanes of at least 4 members (excludes halogenated alkanes) is 1. The highest BCUT2D eigenvalue weighted by atomic mass is 32.2.